The molecule has 0 radical (unpaired) electrons. The van der Waals surface area contributed by atoms with Crippen molar-refractivity contribution in [3.63, 3.8) is 0 Å². The molecule has 110 valence electrons. The minimum atomic E-state index is 0.347. The molecule has 0 spiro atoms. The van der Waals surface area contributed by atoms with Crippen molar-refractivity contribution in [3.05, 3.63) is 59.8 Å². The summed E-state index contributed by atoms with van der Waals surface area (Å²) in [5.74, 6) is 1.55. The van der Waals surface area contributed by atoms with Gasteiger partial charge in [-0.3, -0.25) is 0 Å². The molecule has 1 aromatic heterocycles. The third kappa shape index (κ3) is 3.20. The maximum Gasteiger partial charge on any atom is 0.129 e. The first-order chi connectivity index (χ1) is 10.3. The van der Waals surface area contributed by atoms with E-state index in [2.05, 4.69) is 64.3 Å². The number of rotatable bonds is 3. The molecule has 3 nitrogen and oxygen atoms in total. The predicted molar refractivity (Wildman–Crippen MR) is 87.8 cm³/mol. The molecule has 1 unspecified atom stereocenters. The topological polar surface area (TPSA) is 19.4 Å². The number of pyridine rings is 1. The standard InChI is InChI=1S/C17H20ClN3/c1-20-9-10-21(17-8-7-14(11-18)12-19-17)16(13-20)15-5-3-2-4-6-15/h2-8,12,16H,9-11,13H2,1H3. The van der Waals surface area contributed by atoms with Gasteiger partial charge in [0.1, 0.15) is 5.82 Å². The number of aromatic nitrogens is 1. The van der Waals surface area contributed by atoms with Gasteiger partial charge in [0.2, 0.25) is 0 Å². The number of halogens is 1. The number of piperazine rings is 1. The number of anilines is 1. The van der Waals surface area contributed by atoms with Crippen molar-refractivity contribution < 1.29 is 0 Å². The summed E-state index contributed by atoms with van der Waals surface area (Å²) in [5, 5.41) is 0. The van der Waals surface area contributed by atoms with Gasteiger partial charge in [0.05, 0.1) is 6.04 Å². The molecule has 1 aliphatic rings. The zero-order valence-corrected chi connectivity index (χ0v) is 13.0. The van der Waals surface area contributed by atoms with E-state index in [9.17, 15) is 0 Å². The number of likely N-dealkylation sites (N-methyl/N-ethyl adjacent to an activating group) is 1. The molecule has 0 aliphatic carbocycles. The summed E-state index contributed by atoms with van der Waals surface area (Å²) in [4.78, 5) is 9.37. The molecule has 2 aromatic rings. The normalized spacial score (nSPS) is 19.7. The van der Waals surface area contributed by atoms with Crippen LogP contribution in [0.5, 0.6) is 0 Å². The van der Waals surface area contributed by atoms with E-state index in [0.717, 1.165) is 31.0 Å². The summed E-state index contributed by atoms with van der Waals surface area (Å²) in [5.41, 5.74) is 2.40. The van der Waals surface area contributed by atoms with Gasteiger partial charge in [0.25, 0.3) is 0 Å². The van der Waals surface area contributed by atoms with Crippen LogP contribution in [0.4, 0.5) is 5.82 Å². The lowest BCUT2D eigenvalue weighted by molar-refractivity contribution is 0.268. The zero-order chi connectivity index (χ0) is 14.7. The fraction of sp³-hybridized carbons (Fsp3) is 0.353. The first-order valence-electron chi connectivity index (χ1n) is 7.29. The number of hydrogen-bond donors (Lipinski definition) is 0. The second-order valence-corrected chi connectivity index (χ2v) is 5.81. The maximum absolute atomic E-state index is 5.85. The van der Waals surface area contributed by atoms with E-state index in [1.807, 2.05) is 6.20 Å². The lowest BCUT2D eigenvalue weighted by atomic mass is 10.0. The molecule has 0 N–H and O–H groups in total. The second kappa shape index (κ2) is 6.46. The lowest BCUT2D eigenvalue weighted by Gasteiger charge is -2.41. The Morgan fingerprint density at radius 3 is 2.62 bits per heavy atom. The molecule has 1 atom stereocenters. The Labute approximate surface area is 131 Å². The highest BCUT2D eigenvalue weighted by Crippen LogP contribution is 2.29. The van der Waals surface area contributed by atoms with Gasteiger partial charge in [0.15, 0.2) is 0 Å². The average molecular weight is 302 g/mol. The van der Waals surface area contributed by atoms with E-state index in [1.165, 1.54) is 5.56 Å². The van der Waals surface area contributed by atoms with Crippen molar-refractivity contribution in [1.82, 2.24) is 9.88 Å². The highest BCUT2D eigenvalue weighted by Gasteiger charge is 2.27. The maximum atomic E-state index is 5.85. The molecular weight excluding hydrogens is 282 g/mol. The summed E-state index contributed by atoms with van der Waals surface area (Å²) in [6.07, 6.45) is 1.88. The van der Waals surface area contributed by atoms with Crippen LogP contribution in [0, 0.1) is 0 Å². The molecule has 0 amide bonds. The van der Waals surface area contributed by atoms with E-state index in [0.29, 0.717) is 11.9 Å². The smallest absolute Gasteiger partial charge is 0.129 e. The van der Waals surface area contributed by atoms with Crippen molar-refractivity contribution in [2.75, 3.05) is 31.6 Å². The summed E-state index contributed by atoms with van der Waals surface area (Å²) < 4.78 is 0. The Balaban J connectivity index is 1.90. The fourth-order valence-corrected chi connectivity index (χ4v) is 2.98. The average Bonchev–Trinajstić information content (AvgIpc) is 2.56. The Kier molecular flexibility index (Phi) is 4.42. The van der Waals surface area contributed by atoms with Gasteiger partial charge in [-0.25, -0.2) is 4.98 Å². The van der Waals surface area contributed by atoms with E-state index in [4.69, 9.17) is 11.6 Å². The van der Waals surface area contributed by atoms with Crippen molar-refractivity contribution in [2.45, 2.75) is 11.9 Å². The van der Waals surface area contributed by atoms with Crippen LogP contribution >= 0.6 is 11.6 Å². The Hall–Kier alpha value is -1.58. The Morgan fingerprint density at radius 1 is 1.14 bits per heavy atom. The zero-order valence-electron chi connectivity index (χ0n) is 12.2. The van der Waals surface area contributed by atoms with Gasteiger partial charge >= 0.3 is 0 Å². The van der Waals surface area contributed by atoms with Gasteiger partial charge in [0, 0.05) is 31.7 Å². The van der Waals surface area contributed by atoms with Gasteiger partial charge in [-0.2, -0.15) is 0 Å². The van der Waals surface area contributed by atoms with Crippen LogP contribution in [0.3, 0.4) is 0 Å². The van der Waals surface area contributed by atoms with Crippen molar-refractivity contribution in [1.29, 1.82) is 0 Å². The molecule has 1 saturated heterocycles. The summed E-state index contributed by atoms with van der Waals surface area (Å²) >= 11 is 5.85. The molecule has 1 aliphatic heterocycles. The quantitative estimate of drug-likeness (QED) is 0.811. The van der Waals surface area contributed by atoms with E-state index in [1.54, 1.807) is 0 Å². The van der Waals surface area contributed by atoms with Crippen LogP contribution in [0.1, 0.15) is 17.2 Å². The number of benzene rings is 1. The molecule has 1 fully saturated rings. The van der Waals surface area contributed by atoms with Crippen LogP contribution in [0.2, 0.25) is 0 Å². The molecular formula is C17H20ClN3. The van der Waals surface area contributed by atoms with Gasteiger partial charge in [-0.1, -0.05) is 36.4 Å². The van der Waals surface area contributed by atoms with Crippen molar-refractivity contribution >= 4 is 17.4 Å². The largest absolute Gasteiger partial charge is 0.347 e. The summed E-state index contributed by atoms with van der Waals surface area (Å²) in [6.45, 7) is 3.06. The minimum absolute atomic E-state index is 0.347. The number of hydrogen-bond acceptors (Lipinski definition) is 3. The molecule has 3 rings (SSSR count). The third-order valence-electron chi connectivity index (χ3n) is 4.03. The minimum Gasteiger partial charge on any atom is -0.347 e. The van der Waals surface area contributed by atoms with Crippen LogP contribution in [-0.4, -0.2) is 36.6 Å². The number of nitrogens with zero attached hydrogens (tertiary/aromatic N) is 3. The molecule has 21 heavy (non-hydrogen) atoms. The molecule has 0 saturated carbocycles. The third-order valence-corrected chi connectivity index (χ3v) is 4.33. The summed E-state index contributed by atoms with van der Waals surface area (Å²) in [6, 6.07) is 15.2. The fourth-order valence-electron chi connectivity index (χ4n) is 2.82. The van der Waals surface area contributed by atoms with Crippen LogP contribution < -0.4 is 4.90 Å². The highest BCUT2D eigenvalue weighted by molar-refractivity contribution is 6.17. The first kappa shape index (κ1) is 14.4. The number of alkyl halides is 1. The van der Waals surface area contributed by atoms with Gasteiger partial charge in [-0.05, 0) is 24.2 Å². The highest BCUT2D eigenvalue weighted by atomic mass is 35.5. The van der Waals surface area contributed by atoms with Crippen molar-refractivity contribution in [2.24, 2.45) is 0 Å². The van der Waals surface area contributed by atoms with Crippen LogP contribution in [0.15, 0.2) is 48.7 Å². The van der Waals surface area contributed by atoms with Gasteiger partial charge < -0.3 is 9.80 Å². The SMILES string of the molecule is CN1CCN(c2ccc(CCl)cn2)C(c2ccccc2)C1. The van der Waals surface area contributed by atoms with Crippen LogP contribution in [0.25, 0.3) is 0 Å². The second-order valence-electron chi connectivity index (χ2n) is 5.54. The van der Waals surface area contributed by atoms with E-state index >= 15 is 0 Å². The Bertz CT molecular complexity index is 570. The van der Waals surface area contributed by atoms with Gasteiger partial charge in [-0.15, -0.1) is 11.6 Å². The van der Waals surface area contributed by atoms with E-state index in [-0.39, 0.29) is 0 Å². The predicted octanol–water partition coefficient (Wildman–Crippen LogP) is 3.31. The van der Waals surface area contributed by atoms with E-state index < -0.39 is 0 Å². The summed E-state index contributed by atoms with van der Waals surface area (Å²) in [7, 11) is 2.18. The van der Waals surface area contributed by atoms with Crippen molar-refractivity contribution in [3.8, 4) is 0 Å². The monoisotopic (exact) mass is 301 g/mol. The molecule has 1 aromatic carbocycles. The Morgan fingerprint density at radius 2 is 1.95 bits per heavy atom. The molecule has 4 heteroatoms. The first-order valence-corrected chi connectivity index (χ1v) is 7.82. The van der Waals surface area contributed by atoms with Crippen LogP contribution in [-0.2, 0) is 5.88 Å². The molecule has 2 heterocycles. The lowest BCUT2D eigenvalue weighted by Crippen LogP contribution is -2.47. The molecule has 0 bridgehead atoms.